The minimum Gasteiger partial charge on any atom is -0.482 e. The Kier molecular flexibility index (Phi) is 8.54. The first-order chi connectivity index (χ1) is 17.5. The zero-order valence-corrected chi connectivity index (χ0v) is 21.9. The average molecular weight is 500 g/mol. The molecule has 6 nitrogen and oxygen atoms in total. The van der Waals surface area contributed by atoms with Crippen molar-refractivity contribution in [2.45, 2.75) is 95.9 Å². The summed E-state index contributed by atoms with van der Waals surface area (Å²) in [6, 6.07) is 6.16. The summed E-state index contributed by atoms with van der Waals surface area (Å²) in [6.45, 7) is 5.25. The first kappa shape index (κ1) is 26.0. The van der Waals surface area contributed by atoms with Crippen molar-refractivity contribution in [1.82, 2.24) is 4.90 Å². The number of carbonyl (C=O) groups is 1. The number of hydrogen-bond donors (Lipinski definition) is 2. The van der Waals surface area contributed by atoms with Crippen LogP contribution in [-0.2, 0) is 22.4 Å². The van der Waals surface area contributed by atoms with Gasteiger partial charge in [0.15, 0.2) is 6.61 Å². The number of piperidine rings is 3. The Morgan fingerprint density at radius 1 is 1.14 bits per heavy atom. The number of carbonyl (C=O) groups excluding carboxylic acids is 1. The van der Waals surface area contributed by atoms with Crippen LogP contribution in [0.15, 0.2) is 18.2 Å². The van der Waals surface area contributed by atoms with E-state index in [0.29, 0.717) is 17.8 Å². The van der Waals surface area contributed by atoms with E-state index in [-0.39, 0.29) is 36.8 Å². The fraction of sp³-hybridized carbons (Fsp3) is 0.767. The van der Waals surface area contributed by atoms with Crippen LogP contribution in [0.4, 0.5) is 0 Å². The van der Waals surface area contributed by atoms with E-state index in [1.165, 1.54) is 24.0 Å². The largest absolute Gasteiger partial charge is 0.482 e. The molecule has 4 fully saturated rings. The molecular weight excluding hydrogens is 454 g/mol. The zero-order valence-electron chi connectivity index (χ0n) is 21.9. The summed E-state index contributed by atoms with van der Waals surface area (Å²) in [4.78, 5) is 15.0. The number of ether oxygens (including phenoxy) is 2. The van der Waals surface area contributed by atoms with Gasteiger partial charge in [0.2, 0.25) is 0 Å². The number of aliphatic hydroxyl groups excluding tert-OH is 2. The monoisotopic (exact) mass is 499 g/mol. The smallest absolute Gasteiger partial charge is 0.344 e. The maximum atomic E-state index is 12.6. The Labute approximate surface area is 216 Å². The quantitative estimate of drug-likeness (QED) is 0.352. The van der Waals surface area contributed by atoms with Crippen molar-refractivity contribution in [3.05, 3.63) is 29.3 Å². The second kappa shape index (κ2) is 11.8. The summed E-state index contributed by atoms with van der Waals surface area (Å²) in [7, 11) is 0. The van der Waals surface area contributed by atoms with Crippen LogP contribution in [0.3, 0.4) is 0 Å². The molecule has 3 heterocycles. The van der Waals surface area contributed by atoms with Gasteiger partial charge >= 0.3 is 5.97 Å². The van der Waals surface area contributed by atoms with Crippen LogP contribution < -0.4 is 4.74 Å². The predicted molar refractivity (Wildman–Crippen MR) is 139 cm³/mol. The number of benzene rings is 1. The van der Waals surface area contributed by atoms with Crippen LogP contribution in [-0.4, -0.2) is 65.6 Å². The zero-order chi connectivity index (χ0) is 25.1. The Balaban J connectivity index is 1.15. The molecule has 1 aromatic rings. The van der Waals surface area contributed by atoms with Gasteiger partial charge in [-0.1, -0.05) is 38.3 Å². The lowest BCUT2D eigenvalue weighted by Gasteiger charge is -2.43. The standard InChI is InChI=1S/C30H45NO5/c1-2-3-4-7-23(32)9-10-24-25-15-21-6-5-8-28(26(21)16-22(25)17-27(24)33)35-19-30(34)36-29-18-31-13-11-20(29)12-14-31/h5-6,8,20,22-25,27,29,32-33H,2-4,7,9-19H2,1H3. The molecule has 6 unspecified atom stereocenters. The number of fused-ring (bicyclic) bond motifs is 5. The number of unbranched alkanes of at least 4 members (excludes halogenated alkanes) is 2. The molecule has 0 aromatic heterocycles. The second-order valence-corrected chi connectivity index (χ2v) is 11.9. The molecule has 2 aliphatic carbocycles. The van der Waals surface area contributed by atoms with Crippen LogP contribution >= 0.6 is 0 Å². The fourth-order valence-electron chi connectivity index (χ4n) is 7.48. The lowest BCUT2D eigenvalue weighted by Crippen LogP contribution is -2.52. The molecule has 3 saturated heterocycles. The van der Waals surface area contributed by atoms with Gasteiger partial charge in [0, 0.05) is 6.54 Å². The van der Waals surface area contributed by atoms with Gasteiger partial charge in [-0.25, -0.2) is 4.79 Å². The highest BCUT2D eigenvalue weighted by molar-refractivity contribution is 5.71. The highest BCUT2D eigenvalue weighted by atomic mass is 16.6. The summed E-state index contributed by atoms with van der Waals surface area (Å²) in [5.41, 5.74) is 2.48. The number of nitrogens with zero attached hydrogens (tertiary/aromatic N) is 1. The molecule has 0 spiro atoms. The summed E-state index contributed by atoms with van der Waals surface area (Å²) < 4.78 is 11.8. The third-order valence-electron chi connectivity index (χ3n) is 9.54. The van der Waals surface area contributed by atoms with Gasteiger partial charge in [0.05, 0.1) is 12.2 Å². The predicted octanol–water partition coefficient (Wildman–Crippen LogP) is 4.14. The maximum absolute atomic E-state index is 12.6. The Bertz CT molecular complexity index is 882. The van der Waals surface area contributed by atoms with E-state index >= 15 is 0 Å². The summed E-state index contributed by atoms with van der Waals surface area (Å²) in [6.07, 6.45) is 10.3. The van der Waals surface area contributed by atoms with Gasteiger partial charge in [0.25, 0.3) is 0 Å². The van der Waals surface area contributed by atoms with Gasteiger partial charge in [-0.15, -0.1) is 0 Å². The molecule has 3 aliphatic heterocycles. The minimum atomic E-state index is -0.293. The summed E-state index contributed by atoms with van der Waals surface area (Å²) >= 11 is 0. The van der Waals surface area contributed by atoms with Gasteiger partial charge in [-0.05, 0) is 105 Å². The van der Waals surface area contributed by atoms with E-state index in [0.717, 1.165) is 83.2 Å². The van der Waals surface area contributed by atoms with E-state index in [1.807, 2.05) is 12.1 Å². The molecule has 0 radical (unpaired) electrons. The highest BCUT2D eigenvalue weighted by Crippen LogP contribution is 2.48. The number of rotatable bonds is 11. The average Bonchev–Trinajstić information content (AvgIpc) is 3.19. The van der Waals surface area contributed by atoms with Gasteiger partial charge in [0.1, 0.15) is 11.9 Å². The lowest BCUT2D eigenvalue weighted by atomic mass is 9.73. The third kappa shape index (κ3) is 5.92. The summed E-state index contributed by atoms with van der Waals surface area (Å²) in [5.74, 6) is 2.16. The number of esters is 1. The lowest BCUT2D eigenvalue weighted by molar-refractivity contribution is -0.161. The highest BCUT2D eigenvalue weighted by Gasteiger charge is 2.45. The van der Waals surface area contributed by atoms with Crippen molar-refractivity contribution >= 4 is 5.97 Å². The molecule has 6 heteroatoms. The van der Waals surface area contributed by atoms with E-state index in [4.69, 9.17) is 9.47 Å². The normalized spacial score (nSPS) is 33.6. The van der Waals surface area contributed by atoms with Gasteiger partial charge < -0.3 is 19.7 Å². The molecule has 0 amide bonds. The van der Waals surface area contributed by atoms with Crippen molar-refractivity contribution in [2.24, 2.45) is 23.7 Å². The number of hydrogen-bond acceptors (Lipinski definition) is 6. The SMILES string of the molecule is CCCCCC(O)CCC1C(O)CC2Cc3c(cccc3OCC(=O)OC3CN4CCC3CC4)CC21. The Morgan fingerprint density at radius 2 is 1.97 bits per heavy atom. The molecule has 6 atom stereocenters. The second-order valence-electron chi connectivity index (χ2n) is 11.9. The topological polar surface area (TPSA) is 79.2 Å². The first-order valence-corrected chi connectivity index (χ1v) is 14.5. The van der Waals surface area contributed by atoms with Gasteiger partial charge in [-0.2, -0.15) is 0 Å². The fourth-order valence-corrected chi connectivity index (χ4v) is 7.48. The molecule has 1 aromatic carbocycles. The molecule has 6 rings (SSSR count). The van der Waals surface area contributed by atoms with Crippen LogP contribution in [0.25, 0.3) is 0 Å². The summed E-state index contributed by atoms with van der Waals surface area (Å²) in [5, 5.41) is 21.3. The van der Waals surface area contributed by atoms with Crippen molar-refractivity contribution in [1.29, 1.82) is 0 Å². The molecule has 36 heavy (non-hydrogen) atoms. The van der Waals surface area contributed by atoms with E-state index in [9.17, 15) is 15.0 Å². The van der Waals surface area contributed by atoms with E-state index < -0.39 is 0 Å². The third-order valence-corrected chi connectivity index (χ3v) is 9.54. The Hall–Kier alpha value is -1.63. The minimum absolute atomic E-state index is 0.0103. The molecular formula is C30H45NO5. The first-order valence-electron chi connectivity index (χ1n) is 14.5. The molecule has 2 N–H and O–H groups in total. The van der Waals surface area contributed by atoms with Crippen molar-refractivity contribution in [3.8, 4) is 5.75 Å². The molecule has 200 valence electrons. The molecule has 2 bridgehead atoms. The van der Waals surface area contributed by atoms with E-state index in [1.54, 1.807) is 0 Å². The molecule has 1 saturated carbocycles. The van der Waals surface area contributed by atoms with Crippen molar-refractivity contribution < 1.29 is 24.5 Å². The van der Waals surface area contributed by atoms with Crippen LogP contribution in [0, 0.1) is 23.7 Å². The van der Waals surface area contributed by atoms with Crippen LogP contribution in [0.1, 0.15) is 75.8 Å². The molecule has 5 aliphatic rings. The Morgan fingerprint density at radius 3 is 2.72 bits per heavy atom. The van der Waals surface area contributed by atoms with Crippen molar-refractivity contribution in [2.75, 3.05) is 26.2 Å². The van der Waals surface area contributed by atoms with Gasteiger partial charge in [-0.3, -0.25) is 4.90 Å². The number of aliphatic hydroxyl groups is 2. The van der Waals surface area contributed by atoms with Crippen LogP contribution in [0.2, 0.25) is 0 Å². The van der Waals surface area contributed by atoms with E-state index in [2.05, 4.69) is 17.9 Å². The van der Waals surface area contributed by atoms with Crippen LogP contribution in [0.5, 0.6) is 5.75 Å². The maximum Gasteiger partial charge on any atom is 0.344 e. The van der Waals surface area contributed by atoms with Crippen molar-refractivity contribution in [3.63, 3.8) is 0 Å².